The molecule has 1 aromatic carbocycles. The predicted molar refractivity (Wildman–Crippen MR) is 84.6 cm³/mol. The van der Waals surface area contributed by atoms with Gasteiger partial charge in [-0.15, -0.1) is 0 Å². The number of nitrogens with zero attached hydrogens (tertiary/aromatic N) is 4. The van der Waals surface area contributed by atoms with Crippen molar-refractivity contribution in [3.05, 3.63) is 48.4 Å². The molecule has 0 N–H and O–H groups in total. The van der Waals surface area contributed by atoms with Gasteiger partial charge in [-0.1, -0.05) is 18.2 Å². The number of rotatable bonds is 2. The maximum absolute atomic E-state index is 4.56. The molecule has 0 spiro atoms. The second kappa shape index (κ2) is 5.02. The zero-order valence-corrected chi connectivity index (χ0v) is 12.3. The largest absolute Gasteiger partial charge is 0.371 e. The summed E-state index contributed by atoms with van der Waals surface area (Å²) in [5, 5.41) is 0. The number of aryl methyl sites for hydroxylation is 1. The number of benzene rings is 1. The van der Waals surface area contributed by atoms with Crippen molar-refractivity contribution in [3.8, 4) is 0 Å². The molecule has 2 aliphatic rings. The van der Waals surface area contributed by atoms with E-state index in [0.29, 0.717) is 0 Å². The Morgan fingerprint density at radius 3 is 2.24 bits per heavy atom. The SMILES string of the molecule is Cc1nccc(N2C[C@H]3CN(c4ccccc4)C[C@H]3C2)n1. The molecule has 0 amide bonds. The quantitative estimate of drug-likeness (QED) is 0.845. The van der Waals surface area contributed by atoms with E-state index in [-0.39, 0.29) is 0 Å². The number of hydrogen-bond donors (Lipinski definition) is 0. The van der Waals surface area contributed by atoms with Gasteiger partial charge in [0.05, 0.1) is 0 Å². The van der Waals surface area contributed by atoms with E-state index in [1.54, 1.807) is 0 Å². The van der Waals surface area contributed by atoms with Gasteiger partial charge in [-0.25, -0.2) is 9.97 Å². The number of anilines is 2. The van der Waals surface area contributed by atoms with Crippen molar-refractivity contribution in [3.63, 3.8) is 0 Å². The highest BCUT2D eigenvalue weighted by molar-refractivity contribution is 5.49. The lowest BCUT2D eigenvalue weighted by atomic mass is 10.0. The van der Waals surface area contributed by atoms with E-state index in [9.17, 15) is 0 Å². The van der Waals surface area contributed by atoms with Gasteiger partial charge in [0.25, 0.3) is 0 Å². The molecule has 1 aromatic heterocycles. The van der Waals surface area contributed by atoms with Crippen molar-refractivity contribution in [2.24, 2.45) is 11.8 Å². The first kappa shape index (κ1) is 12.6. The fourth-order valence-corrected chi connectivity index (χ4v) is 3.65. The van der Waals surface area contributed by atoms with Crippen LogP contribution in [0.3, 0.4) is 0 Å². The van der Waals surface area contributed by atoms with Crippen LogP contribution in [-0.2, 0) is 0 Å². The van der Waals surface area contributed by atoms with Gasteiger partial charge in [0.2, 0.25) is 0 Å². The summed E-state index contributed by atoms with van der Waals surface area (Å²) in [6.45, 7) is 6.51. The molecule has 2 fully saturated rings. The minimum Gasteiger partial charge on any atom is -0.371 e. The first-order chi connectivity index (χ1) is 10.3. The molecule has 4 heteroatoms. The Morgan fingerprint density at radius 2 is 1.57 bits per heavy atom. The molecule has 0 unspecified atom stereocenters. The van der Waals surface area contributed by atoms with E-state index in [1.165, 1.54) is 5.69 Å². The normalized spacial score (nSPS) is 24.4. The summed E-state index contributed by atoms with van der Waals surface area (Å²) in [4.78, 5) is 13.7. The Labute approximate surface area is 125 Å². The predicted octanol–water partition coefficient (Wildman–Crippen LogP) is 2.36. The van der Waals surface area contributed by atoms with Gasteiger partial charge in [-0.2, -0.15) is 0 Å². The van der Waals surface area contributed by atoms with E-state index < -0.39 is 0 Å². The van der Waals surface area contributed by atoms with E-state index >= 15 is 0 Å². The third-order valence-electron chi connectivity index (χ3n) is 4.69. The zero-order valence-electron chi connectivity index (χ0n) is 12.3. The minimum atomic E-state index is 0.750. The van der Waals surface area contributed by atoms with Gasteiger partial charge in [0.15, 0.2) is 0 Å². The van der Waals surface area contributed by atoms with Crippen LogP contribution in [-0.4, -0.2) is 36.1 Å². The molecule has 0 radical (unpaired) electrons. The molecule has 3 heterocycles. The lowest BCUT2D eigenvalue weighted by Gasteiger charge is -2.23. The van der Waals surface area contributed by atoms with Gasteiger partial charge in [0, 0.05) is 49.9 Å². The van der Waals surface area contributed by atoms with E-state index in [4.69, 9.17) is 0 Å². The Balaban J connectivity index is 1.46. The van der Waals surface area contributed by atoms with E-state index in [0.717, 1.165) is 49.7 Å². The third-order valence-corrected chi connectivity index (χ3v) is 4.69. The van der Waals surface area contributed by atoms with Crippen molar-refractivity contribution >= 4 is 11.5 Å². The highest BCUT2D eigenvalue weighted by atomic mass is 15.3. The molecule has 0 aliphatic carbocycles. The number of hydrogen-bond acceptors (Lipinski definition) is 4. The molecular weight excluding hydrogens is 260 g/mol. The van der Waals surface area contributed by atoms with E-state index in [1.807, 2.05) is 19.2 Å². The summed E-state index contributed by atoms with van der Waals surface area (Å²) in [5.74, 6) is 3.44. The molecular formula is C17H20N4. The average molecular weight is 280 g/mol. The first-order valence-electron chi connectivity index (χ1n) is 7.64. The van der Waals surface area contributed by atoms with Crippen LogP contribution in [0.15, 0.2) is 42.6 Å². The molecule has 0 saturated carbocycles. The van der Waals surface area contributed by atoms with Gasteiger partial charge < -0.3 is 9.80 Å². The van der Waals surface area contributed by atoms with Crippen molar-refractivity contribution in [1.29, 1.82) is 0 Å². The lowest BCUT2D eigenvalue weighted by molar-refractivity contribution is 0.533. The summed E-state index contributed by atoms with van der Waals surface area (Å²) < 4.78 is 0. The Morgan fingerprint density at radius 1 is 0.905 bits per heavy atom. The molecule has 108 valence electrons. The fourth-order valence-electron chi connectivity index (χ4n) is 3.65. The van der Waals surface area contributed by atoms with Crippen LogP contribution in [0.4, 0.5) is 11.5 Å². The van der Waals surface area contributed by atoms with Crippen molar-refractivity contribution < 1.29 is 0 Å². The second-order valence-corrected chi connectivity index (χ2v) is 6.13. The highest BCUT2D eigenvalue weighted by Crippen LogP contribution is 2.35. The summed E-state index contributed by atoms with van der Waals surface area (Å²) in [7, 11) is 0. The van der Waals surface area contributed by atoms with Crippen molar-refractivity contribution in [1.82, 2.24) is 9.97 Å². The minimum absolute atomic E-state index is 0.750. The van der Waals surface area contributed by atoms with Crippen LogP contribution < -0.4 is 9.80 Å². The summed E-state index contributed by atoms with van der Waals surface area (Å²) >= 11 is 0. The van der Waals surface area contributed by atoms with Gasteiger partial charge in [0.1, 0.15) is 11.6 Å². The molecule has 21 heavy (non-hydrogen) atoms. The van der Waals surface area contributed by atoms with Crippen LogP contribution in [0, 0.1) is 18.8 Å². The topological polar surface area (TPSA) is 32.3 Å². The number of para-hydroxylation sites is 1. The third kappa shape index (κ3) is 2.35. The van der Waals surface area contributed by atoms with E-state index in [2.05, 4.69) is 50.1 Å². The van der Waals surface area contributed by atoms with Crippen molar-refractivity contribution in [2.45, 2.75) is 6.92 Å². The molecule has 4 rings (SSSR count). The molecule has 2 saturated heterocycles. The number of aromatic nitrogens is 2. The molecule has 2 aliphatic heterocycles. The standard InChI is InChI=1S/C17H20N4/c1-13-18-8-7-17(19-13)21-11-14-9-20(10-15(14)12-21)16-5-3-2-4-6-16/h2-8,14-15H,9-12H2,1H3/t14-,15+. The number of fused-ring (bicyclic) bond motifs is 1. The van der Waals surface area contributed by atoms with Gasteiger partial charge in [-0.3, -0.25) is 0 Å². The van der Waals surface area contributed by atoms with Gasteiger partial charge in [-0.05, 0) is 25.1 Å². The Kier molecular flexibility index (Phi) is 3.02. The molecule has 0 bridgehead atoms. The summed E-state index contributed by atoms with van der Waals surface area (Å²) in [5.41, 5.74) is 1.36. The van der Waals surface area contributed by atoms with Gasteiger partial charge >= 0.3 is 0 Å². The molecule has 4 nitrogen and oxygen atoms in total. The maximum Gasteiger partial charge on any atom is 0.132 e. The Bertz CT molecular complexity index is 614. The average Bonchev–Trinajstić information content (AvgIpc) is 3.07. The molecule has 2 aromatic rings. The van der Waals surface area contributed by atoms with Crippen LogP contribution in [0.5, 0.6) is 0 Å². The van der Waals surface area contributed by atoms with Crippen LogP contribution in [0.25, 0.3) is 0 Å². The van der Waals surface area contributed by atoms with Crippen molar-refractivity contribution in [2.75, 3.05) is 36.0 Å². The first-order valence-corrected chi connectivity index (χ1v) is 7.64. The maximum atomic E-state index is 4.56. The van der Waals surface area contributed by atoms with Crippen LogP contribution in [0.1, 0.15) is 5.82 Å². The van der Waals surface area contributed by atoms with Crippen LogP contribution in [0.2, 0.25) is 0 Å². The Hall–Kier alpha value is -2.10. The zero-order chi connectivity index (χ0) is 14.2. The smallest absolute Gasteiger partial charge is 0.132 e. The summed E-state index contributed by atoms with van der Waals surface area (Å²) in [6, 6.07) is 12.8. The van der Waals surface area contributed by atoms with Crippen LogP contribution >= 0.6 is 0 Å². The molecule has 2 atom stereocenters. The fraction of sp³-hybridized carbons (Fsp3) is 0.412. The second-order valence-electron chi connectivity index (χ2n) is 6.13. The summed E-state index contributed by atoms with van der Waals surface area (Å²) in [6.07, 6.45) is 1.86. The monoisotopic (exact) mass is 280 g/mol. The highest BCUT2D eigenvalue weighted by Gasteiger charge is 2.40. The lowest BCUT2D eigenvalue weighted by Crippen LogP contribution is -2.29.